The minimum atomic E-state index is 0.238. The van der Waals surface area contributed by atoms with Gasteiger partial charge >= 0.3 is 0 Å². The average Bonchev–Trinajstić information content (AvgIpc) is 2.42. The lowest BCUT2D eigenvalue weighted by Crippen LogP contribution is -2.51. The van der Waals surface area contributed by atoms with Crippen LogP contribution in [-0.4, -0.2) is 5.16 Å². The van der Waals surface area contributed by atoms with Crippen LogP contribution in [0.2, 0.25) is 0 Å². The minimum absolute atomic E-state index is 0.238. The number of nitrogens with two attached hydrogens (primary N) is 1. The van der Waals surface area contributed by atoms with Crippen LogP contribution in [0.3, 0.4) is 0 Å². The van der Waals surface area contributed by atoms with Gasteiger partial charge in [0, 0.05) is 11.5 Å². The number of hydrogen-bond acceptors (Lipinski definition) is 3. The first kappa shape index (κ1) is 8.33. The molecule has 0 aromatic carbocycles. The van der Waals surface area contributed by atoms with Gasteiger partial charge in [-0.05, 0) is 31.1 Å². The second-order valence-electron chi connectivity index (χ2n) is 5.38. The molecular weight excluding hydrogens is 176 g/mol. The summed E-state index contributed by atoms with van der Waals surface area (Å²) in [6, 6.07) is 1.88. The van der Waals surface area contributed by atoms with Gasteiger partial charge in [-0.3, -0.25) is 0 Å². The number of aromatic nitrogens is 1. The summed E-state index contributed by atoms with van der Waals surface area (Å²) in [6.07, 6.45) is 6.78. The molecule has 2 N–H and O–H groups in total. The highest BCUT2D eigenvalue weighted by atomic mass is 16.5. The number of nitrogens with zero attached hydrogens (tertiary/aromatic N) is 1. The Labute approximate surface area is 83.6 Å². The van der Waals surface area contributed by atoms with Crippen molar-refractivity contribution in [2.24, 2.45) is 5.41 Å². The predicted octanol–water partition coefficient (Wildman–Crippen LogP) is 2.48. The van der Waals surface area contributed by atoms with E-state index in [1.807, 2.05) is 6.07 Å². The monoisotopic (exact) mass is 192 g/mol. The van der Waals surface area contributed by atoms with Crippen LogP contribution in [0.1, 0.15) is 44.7 Å². The van der Waals surface area contributed by atoms with Crippen LogP contribution >= 0.6 is 0 Å². The third-order valence-corrected chi connectivity index (χ3v) is 4.09. The molecule has 0 aliphatic heterocycles. The second-order valence-corrected chi connectivity index (χ2v) is 5.38. The van der Waals surface area contributed by atoms with Crippen molar-refractivity contribution < 1.29 is 4.52 Å². The number of anilines is 1. The molecule has 1 heterocycles. The highest BCUT2D eigenvalue weighted by molar-refractivity contribution is 5.32. The molecule has 3 nitrogen and oxygen atoms in total. The van der Waals surface area contributed by atoms with E-state index in [2.05, 4.69) is 12.1 Å². The molecule has 0 bridgehead atoms. The lowest BCUT2D eigenvalue weighted by Gasteiger charge is -2.59. The first-order valence-electron chi connectivity index (χ1n) is 5.35. The summed E-state index contributed by atoms with van der Waals surface area (Å²) in [5.74, 6) is 0.441. The van der Waals surface area contributed by atoms with Gasteiger partial charge in [0.1, 0.15) is 0 Å². The largest absolute Gasteiger partial charge is 0.368 e. The van der Waals surface area contributed by atoms with Gasteiger partial charge in [0.15, 0.2) is 0 Å². The maximum absolute atomic E-state index is 5.54. The lowest BCUT2D eigenvalue weighted by molar-refractivity contribution is -0.0430. The highest BCUT2D eigenvalue weighted by Gasteiger charge is 2.56. The van der Waals surface area contributed by atoms with Gasteiger partial charge in [-0.25, -0.2) is 0 Å². The lowest BCUT2D eigenvalue weighted by atomic mass is 9.45. The van der Waals surface area contributed by atoms with Crippen molar-refractivity contribution >= 4 is 5.88 Å². The van der Waals surface area contributed by atoms with E-state index in [1.54, 1.807) is 0 Å². The summed E-state index contributed by atoms with van der Waals surface area (Å²) in [5, 5.41) is 4.03. The summed E-state index contributed by atoms with van der Waals surface area (Å²) < 4.78 is 4.93. The van der Waals surface area contributed by atoms with Gasteiger partial charge in [-0.2, -0.15) is 0 Å². The molecule has 76 valence electrons. The van der Waals surface area contributed by atoms with E-state index < -0.39 is 0 Å². The summed E-state index contributed by atoms with van der Waals surface area (Å²) in [6.45, 7) is 2.27. The van der Waals surface area contributed by atoms with Crippen LogP contribution in [0.4, 0.5) is 5.88 Å². The van der Waals surface area contributed by atoms with E-state index in [-0.39, 0.29) is 5.41 Å². The van der Waals surface area contributed by atoms with Gasteiger partial charge in [-0.1, -0.05) is 18.5 Å². The van der Waals surface area contributed by atoms with Crippen molar-refractivity contribution in [1.29, 1.82) is 0 Å². The Hall–Kier alpha value is -0.990. The smallest absolute Gasteiger partial charge is 0.222 e. The summed E-state index contributed by atoms with van der Waals surface area (Å²) in [4.78, 5) is 0. The van der Waals surface area contributed by atoms with Crippen molar-refractivity contribution in [3.63, 3.8) is 0 Å². The van der Waals surface area contributed by atoms with Crippen molar-refractivity contribution in [3.05, 3.63) is 11.8 Å². The summed E-state index contributed by atoms with van der Waals surface area (Å²) in [7, 11) is 0. The Kier molecular flexibility index (Phi) is 1.38. The van der Waals surface area contributed by atoms with E-state index >= 15 is 0 Å². The number of nitrogen functional groups attached to an aromatic ring is 1. The topological polar surface area (TPSA) is 52.0 Å². The molecule has 1 aromatic rings. The van der Waals surface area contributed by atoms with E-state index in [0.29, 0.717) is 11.3 Å². The molecule has 0 saturated heterocycles. The van der Waals surface area contributed by atoms with Crippen LogP contribution in [0, 0.1) is 5.41 Å². The van der Waals surface area contributed by atoms with Gasteiger partial charge in [-0.15, -0.1) is 0 Å². The molecule has 3 rings (SSSR count). The number of rotatable bonds is 1. The van der Waals surface area contributed by atoms with Crippen molar-refractivity contribution in [3.8, 4) is 0 Å². The van der Waals surface area contributed by atoms with Gasteiger partial charge in [0.2, 0.25) is 5.88 Å². The first-order chi connectivity index (χ1) is 6.62. The molecule has 14 heavy (non-hydrogen) atoms. The third kappa shape index (κ3) is 0.954. The van der Waals surface area contributed by atoms with Gasteiger partial charge < -0.3 is 10.3 Å². The Bertz CT molecular complexity index is 357. The van der Waals surface area contributed by atoms with Gasteiger partial charge in [0.05, 0.1) is 5.69 Å². The maximum atomic E-state index is 5.54. The zero-order valence-corrected chi connectivity index (χ0v) is 8.55. The van der Waals surface area contributed by atoms with E-state index in [0.717, 1.165) is 5.69 Å². The van der Waals surface area contributed by atoms with Crippen LogP contribution in [0.15, 0.2) is 10.6 Å². The Morgan fingerprint density at radius 2 is 2.14 bits per heavy atom. The molecule has 0 atom stereocenters. The standard InChI is InChI=1S/C11H16N2O/c1-10(8-5-9(12)14-13-8)6-11(7-10)3-2-4-11/h5H,2-4,6-7,12H2,1H3. The molecule has 2 fully saturated rings. The molecule has 1 spiro atoms. The molecule has 0 unspecified atom stereocenters. The zero-order valence-electron chi connectivity index (χ0n) is 8.55. The van der Waals surface area contributed by atoms with E-state index in [1.165, 1.54) is 32.1 Å². The fraction of sp³-hybridized carbons (Fsp3) is 0.727. The predicted molar refractivity (Wildman–Crippen MR) is 53.8 cm³/mol. The summed E-state index contributed by atoms with van der Waals surface area (Å²) >= 11 is 0. The first-order valence-corrected chi connectivity index (χ1v) is 5.35. The maximum Gasteiger partial charge on any atom is 0.222 e. The molecule has 0 amide bonds. The number of hydrogen-bond donors (Lipinski definition) is 1. The SMILES string of the molecule is CC1(c2cc(N)on2)CC2(CCC2)C1. The Morgan fingerprint density at radius 3 is 2.57 bits per heavy atom. The average molecular weight is 192 g/mol. The van der Waals surface area contributed by atoms with E-state index in [4.69, 9.17) is 10.3 Å². The molecule has 1 aromatic heterocycles. The fourth-order valence-electron chi connectivity index (χ4n) is 3.39. The van der Waals surface area contributed by atoms with Crippen molar-refractivity contribution in [2.75, 3.05) is 5.73 Å². The minimum Gasteiger partial charge on any atom is -0.368 e. The molecule has 0 radical (unpaired) electrons. The van der Waals surface area contributed by atoms with Crippen LogP contribution in [0.25, 0.3) is 0 Å². The fourth-order valence-corrected chi connectivity index (χ4v) is 3.39. The van der Waals surface area contributed by atoms with Crippen molar-refractivity contribution in [2.45, 2.75) is 44.4 Å². The Balaban J connectivity index is 1.80. The third-order valence-electron chi connectivity index (χ3n) is 4.09. The van der Waals surface area contributed by atoms with Crippen LogP contribution in [-0.2, 0) is 5.41 Å². The molecule has 2 aliphatic rings. The molecule has 2 saturated carbocycles. The second kappa shape index (κ2) is 2.33. The Morgan fingerprint density at radius 1 is 1.43 bits per heavy atom. The van der Waals surface area contributed by atoms with Crippen molar-refractivity contribution in [1.82, 2.24) is 5.16 Å². The normalized spacial score (nSPS) is 26.9. The van der Waals surface area contributed by atoms with E-state index in [9.17, 15) is 0 Å². The van der Waals surface area contributed by atoms with Crippen LogP contribution < -0.4 is 5.73 Å². The quantitative estimate of drug-likeness (QED) is 0.743. The molecule has 2 aliphatic carbocycles. The van der Waals surface area contributed by atoms with Crippen LogP contribution in [0.5, 0.6) is 0 Å². The molecule has 3 heteroatoms. The molecular formula is C11H16N2O. The highest BCUT2D eigenvalue weighted by Crippen LogP contribution is 2.64. The zero-order chi connectivity index (χ0) is 9.81. The summed E-state index contributed by atoms with van der Waals surface area (Å²) in [5.41, 5.74) is 7.49. The van der Waals surface area contributed by atoms with Gasteiger partial charge in [0.25, 0.3) is 0 Å².